The summed E-state index contributed by atoms with van der Waals surface area (Å²) in [5.41, 5.74) is 1.96. The molecule has 16 nitrogen and oxygen atoms in total. The maximum absolute atomic E-state index is 15.5. The predicted octanol–water partition coefficient (Wildman–Crippen LogP) is 8.90. The number of nitro benzene ring substituents is 1. The number of aromatic nitrogens is 4. The molecule has 1 spiro atoms. The van der Waals surface area contributed by atoms with Gasteiger partial charge in [0.25, 0.3) is 21.6 Å². The van der Waals surface area contributed by atoms with Gasteiger partial charge in [-0.3, -0.25) is 19.8 Å². The Morgan fingerprint density at radius 2 is 1.82 bits per heavy atom. The molecule has 3 saturated heterocycles. The molecular weight excluding hydrogens is 866 g/mol. The third kappa shape index (κ3) is 8.34. The lowest BCUT2D eigenvalue weighted by molar-refractivity contribution is -0.384. The molecule has 1 unspecified atom stereocenters. The number of nitrogens with one attached hydrogen (secondary N) is 4. The van der Waals surface area contributed by atoms with E-state index in [0.29, 0.717) is 29.4 Å². The van der Waals surface area contributed by atoms with Crippen molar-refractivity contribution in [2.24, 2.45) is 5.41 Å². The highest BCUT2D eigenvalue weighted by Crippen LogP contribution is 2.54. The number of aromatic amines is 2. The van der Waals surface area contributed by atoms with Crippen LogP contribution in [0.15, 0.2) is 84.3 Å². The van der Waals surface area contributed by atoms with E-state index in [4.69, 9.17) is 9.47 Å². The molecule has 1 aliphatic carbocycles. The molecule has 0 bridgehead atoms. The van der Waals surface area contributed by atoms with Crippen LogP contribution < -0.4 is 19.7 Å². The Morgan fingerprint density at radius 1 is 1.03 bits per heavy atom. The molecule has 3 aromatic heterocycles. The molecule has 346 valence electrons. The molecule has 1 saturated carbocycles. The largest absolute Gasteiger partial charge is 0.455 e. The van der Waals surface area contributed by atoms with Gasteiger partial charge in [-0.05, 0) is 91.8 Å². The molecule has 4 N–H and O–H groups in total. The molecule has 6 heterocycles. The Balaban J connectivity index is 0.880. The zero-order chi connectivity index (χ0) is 45.8. The van der Waals surface area contributed by atoms with Gasteiger partial charge >= 0.3 is 0 Å². The normalized spacial score (nSPS) is 19.9. The smallest absolute Gasteiger partial charge is 0.296 e. The Hall–Kier alpha value is -6.11. The van der Waals surface area contributed by atoms with Crippen molar-refractivity contribution in [1.29, 1.82) is 0 Å². The van der Waals surface area contributed by atoms with E-state index >= 15 is 4.39 Å². The van der Waals surface area contributed by atoms with E-state index in [2.05, 4.69) is 77.9 Å². The molecule has 4 fully saturated rings. The number of likely N-dealkylation sites (tertiary alicyclic amines) is 1. The van der Waals surface area contributed by atoms with Crippen LogP contribution in [0.2, 0.25) is 0 Å². The fraction of sp³-hybridized carbons (Fsp3) is 0.438. The number of sulfonamides is 1. The fourth-order valence-electron chi connectivity index (χ4n) is 10.8. The van der Waals surface area contributed by atoms with Crippen molar-refractivity contribution >= 4 is 55.1 Å². The number of carbonyl (C=O) groups excluding carboxylic acids is 1. The second-order valence-corrected chi connectivity index (χ2v) is 20.5. The molecule has 6 aromatic rings. The quantitative estimate of drug-likeness (QED) is 0.0634. The van der Waals surface area contributed by atoms with E-state index in [0.717, 1.165) is 49.6 Å². The lowest BCUT2D eigenvalue weighted by Gasteiger charge is -2.56. The molecule has 10 rings (SSSR count). The van der Waals surface area contributed by atoms with Crippen LogP contribution in [-0.4, -0.2) is 95.2 Å². The number of imidazole rings is 1. The number of benzene rings is 3. The van der Waals surface area contributed by atoms with Gasteiger partial charge in [0.15, 0.2) is 0 Å². The van der Waals surface area contributed by atoms with Gasteiger partial charge in [-0.2, -0.15) is 0 Å². The minimum atomic E-state index is -4.80. The third-order valence-electron chi connectivity index (χ3n) is 14.4. The summed E-state index contributed by atoms with van der Waals surface area (Å²) in [5, 5.41) is 16.0. The molecule has 66 heavy (non-hydrogen) atoms. The second kappa shape index (κ2) is 17.3. The number of halogens is 1. The number of rotatable bonds is 13. The number of nitrogens with zero attached hydrogens (tertiary/aromatic N) is 5. The number of amides is 1. The van der Waals surface area contributed by atoms with E-state index < -0.39 is 37.1 Å². The van der Waals surface area contributed by atoms with Crippen LogP contribution in [0.4, 0.5) is 21.5 Å². The van der Waals surface area contributed by atoms with Gasteiger partial charge in [0.1, 0.15) is 38.9 Å². The maximum atomic E-state index is 15.5. The number of anilines is 2. The minimum absolute atomic E-state index is 0.0258. The second-order valence-electron chi connectivity index (χ2n) is 18.8. The van der Waals surface area contributed by atoms with Gasteiger partial charge in [-0.25, -0.2) is 27.5 Å². The molecule has 1 amide bonds. The summed E-state index contributed by atoms with van der Waals surface area (Å²) in [6.07, 6.45) is 11.5. The van der Waals surface area contributed by atoms with E-state index in [1.807, 2.05) is 6.07 Å². The molecule has 1 atom stereocenters. The fourth-order valence-corrected chi connectivity index (χ4v) is 11.9. The van der Waals surface area contributed by atoms with E-state index in [1.165, 1.54) is 55.4 Å². The van der Waals surface area contributed by atoms with Crippen molar-refractivity contribution < 1.29 is 32.0 Å². The number of hydrogen-bond acceptors (Lipinski definition) is 12. The van der Waals surface area contributed by atoms with Crippen molar-refractivity contribution in [3.8, 4) is 11.5 Å². The monoisotopic (exact) mass is 919 g/mol. The summed E-state index contributed by atoms with van der Waals surface area (Å²) >= 11 is 0. The highest BCUT2D eigenvalue weighted by molar-refractivity contribution is 7.90. The summed E-state index contributed by atoms with van der Waals surface area (Å²) in [4.78, 5) is 44.7. The molecule has 3 aliphatic heterocycles. The van der Waals surface area contributed by atoms with E-state index in [-0.39, 0.29) is 66.0 Å². The van der Waals surface area contributed by atoms with Gasteiger partial charge in [0.2, 0.25) is 0 Å². The summed E-state index contributed by atoms with van der Waals surface area (Å²) in [5.74, 6) is -0.103. The van der Waals surface area contributed by atoms with Crippen molar-refractivity contribution in [1.82, 2.24) is 29.6 Å². The predicted molar refractivity (Wildman–Crippen MR) is 249 cm³/mol. The van der Waals surface area contributed by atoms with Gasteiger partial charge in [-0.1, -0.05) is 38.1 Å². The van der Waals surface area contributed by atoms with Crippen LogP contribution in [-0.2, 0) is 14.8 Å². The first kappa shape index (κ1) is 43.8. The van der Waals surface area contributed by atoms with Gasteiger partial charge in [0, 0.05) is 87.2 Å². The summed E-state index contributed by atoms with van der Waals surface area (Å²) < 4.78 is 57.6. The highest BCUT2D eigenvalue weighted by Gasteiger charge is 2.50. The number of fused-ring (bicyclic) bond motifs is 2. The number of hydrogen-bond donors (Lipinski definition) is 4. The number of ether oxygens (including phenoxy) is 2. The highest BCUT2D eigenvalue weighted by atomic mass is 32.2. The van der Waals surface area contributed by atoms with Crippen LogP contribution in [0.1, 0.15) is 98.7 Å². The molecule has 3 aromatic carbocycles. The standard InChI is InChI=1S/C48H54FN9O7S/c1-30(2)35-6-3-4-7-36(35)38-8-5-17-57(38)33-25-47(26-33)12-18-56(19-13-47)32-9-10-37(40(23-32)65-34-22-31-11-16-50-45(31)51-27-34)46(59)55-66(62,63)41-24-39(58(60)61)42(44-43(41)53-29-54-44)52-28-48(49)14-20-64-21-15-48/h3-4,6-7,9-11,16,22-24,27,29-30,33,38,52H,5,8,12-15,17-21,25-26,28H2,1-2H3,(H,50,51)(H,53,54)(H,55,59). The number of piperidine rings is 1. The van der Waals surface area contributed by atoms with Gasteiger partial charge in [0.05, 0.1) is 28.5 Å². The number of carbonyl (C=O) groups is 1. The molecular formula is C48H54FN9O7S. The zero-order valence-electron chi connectivity index (χ0n) is 37.0. The number of H-pyrrole nitrogens is 2. The number of alkyl halides is 1. The van der Waals surface area contributed by atoms with Crippen LogP contribution in [0.3, 0.4) is 0 Å². The lowest BCUT2D eigenvalue weighted by Crippen LogP contribution is -2.54. The Kier molecular flexibility index (Phi) is 11.5. The minimum Gasteiger partial charge on any atom is -0.455 e. The van der Waals surface area contributed by atoms with Crippen LogP contribution in [0.5, 0.6) is 11.5 Å². The Bertz CT molecular complexity index is 2920. The van der Waals surface area contributed by atoms with Crippen LogP contribution in [0, 0.1) is 15.5 Å². The molecule has 4 aliphatic rings. The van der Waals surface area contributed by atoms with Crippen LogP contribution in [0.25, 0.3) is 22.1 Å². The Labute approximate surface area is 381 Å². The average molecular weight is 920 g/mol. The van der Waals surface area contributed by atoms with Gasteiger partial charge in [-0.15, -0.1) is 0 Å². The topological polar surface area (TPSA) is 201 Å². The Morgan fingerprint density at radius 3 is 2.59 bits per heavy atom. The summed E-state index contributed by atoms with van der Waals surface area (Å²) in [7, 11) is -4.80. The first-order valence-electron chi connectivity index (χ1n) is 22.9. The SMILES string of the molecule is CC(C)c1ccccc1C1CCCN1C1CC2(CCN(c3ccc(C(=O)NS(=O)(=O)c4cc([N+](=O)[O-])c(NCC5(F)CCOCC5)c5[nH]cnc45)c(Oc4cnc5[nH]ccc5c4)c3)CC2)C1. The average Bonchev–Trinajstić information content (AvgIpc) is 4.09. The number of nitro groups is 1. The van der Waals surface area contributed by atoms with Crippen molar-refractivity contribution in [2.45, 2.75) is 93.8 Å². The first-order chi connectivity index (χ1) is 31.8. The van der Waals surface area contributed by atoms with Gasteiger partial charge < -0.3 is 29.7 Å². The van der Waals surface area contributed by atoms with Crippen molar-refractivity contribution in [2.75, 3.05) is 49.6 Å². The lowest BCUT2D eigenvalue weighted by atomic mass is 9.59. The molecule has 18 heteroatoms. The van der Waals surface area contributed by atoms with Crippen LogP contribution >= 0.6 is 0 Å². The molecule has 0 radical (unpaired) electrons. The maximum Gasteiger partial charge on any atom is 0.296 e. The van der Waals surface area contributed by atoms with E-state index in [9.17, 15) is 23.3 Å². The van der Waals surface area contributed by atoms with E-state index in [1.54, 1.807) is 24.4 Å². The summed E-state index contributed by atoms with van der Waals surface area (Å²) in [6, 6.07) is 19.5. The zero-order valence-corrected chi connectivity index (χ0v) is 37.8. The van der Waals surface area contributed by atoms with Crippen molar-refractivity contribution in [3.05, 3.63) is 106 Å². The summed E-state index contributed by atoms with van der Waals surface area (Å²) in [6.45, 7) is 7.46. The third-order valence-corrected chi connectivity index (χ3v) is 15.8. The first-order valence-corrected chi connectivity index (χ1v) is 24.3. The van der Waals surface area contributed by atoms with Crippen molar-refractivity contribution in [3.63, 3.8) is 0 Å². The number of pyridine rings is 1.